The fraction of sp³-hybridized carbons (Fsp3) is 0.316. The molecule has 0 bridgehead atoms. The second-order valence-corrected chi connectivity index (χ2v) is 7.24. The van der Waals surface area contributed by atoms with Crippen molar-refractivity contribution in [3.8, 4) is 0 Å². The van der Waals surface area contributed by atoms with Crippen LogP contribution in [0, 0.1) is 5.92 Å². The van der Waals surface area contributed by atoms with E-state index in [1.54, 1.807) is 17.2 Å². The molecule has 1 fully saturated rings. The summed E-state index contributed by atoms with van der Waals surface area (Å²) in [5, 5.41) is 2.92. The Morgan fingerprint density at radius 3 is 2.46 bits per heavy atom. The molecular formula is C19H20BrN3O3. The number of para-hydroxylation sites is 1. The highest BCUT2D eigenvalue weighted by Gasteiger charge is 2.27. The number of pyridine rings is 1. The number of amides is 2. The second kappa shape index (κ2) is 8.31. The summed E-state index contributed by atoms with van der Waals surface area (Å²) >= 11 is 3.30. The van der Waals surface area contributed by atoms with Crippen molar-refractivity contribution in [2.45, 2.75) is 19.4 Å². The Morgan fingerprint density at radius 2 is 1.77 bits per heavy atom. The Morgan fingerprint density at radius 1 is 1.08 bits per heavy atom. The summed E-state index contributed by atoms with van der Waals surface area (Å²) in [6.45, 7) is 1.06. The van der Waals surface area contributed by atoms with Crippen LogP contribution in [0.3, 0.4) is 0 Å². The Hall–Kier alpha value is -2.41. The van der Waals surface area contributed by atoms with E-state index in [1.165, 1.54) is 10.6 Å². The van der Waals surface area contributed by atoms with Gasteiger partial charge in [-0.15, -0.1) is 0 Å². The molecule has 0 radical (unpaired) electrons. The molecule has 0 spiro atoms. The summed E-state index contributed by atoms with van der Waals surface area (Å²) in [4.78, 5) is 38.3. The van der Waals surface area contributed by atoms with Crippen LogP contribution in [0.2, 0.25) is 0 Å². The number of carbonyl (C=O) groups is 2. The maximum Gasteiger partial charge on any atom is 0.251 e. The normalized spacial score (nSPS) is 14.9. The lowest BCUT2D eigenvalue weighted by Crippen LogP contribution is -2.43. The maximum absolute atomic E-state index is 12.4. The minimum absolute atomic E-state index is 0.00786. The quantitative estimate of drug-likeness (QED) is 0.830. The third-order valence-corrected chi connectivity index (χ3v) is 4.98. The van der Waals surface area contributed by atoms with E-state index in [4.69, 9.17) is 0 Å². The van der Waals surface area contributed by atoms with Crippen molar-refractivity contribution in [1.29, 1.82) is 0 Å². The van der Waals surface area contributed by atoms with Gasteiger partial charge in [-0.1, -0.05) is 18.2 Å². The van der Waals surface area contributed by atoms with Crippen molar-refractivity contribution >= 4 is 33.4 Å². The first kappa shape index (κ1) is 18.4. The summed E-state index contributed by atoms with van der Waals surface area (Å²) in [6.07, 6.45) is 2.86. The van der Waals surface area contributed by atoms with Gasteiger partial charge >= 0.3 is 0 Å². The van der Waals surface area contributed by atoms with Gasteiger partial charge in [-0.25, -0.2) is 0 Å². The van der Waals surface area contributed by atoms with E-state index in [-0.39, 0.29) is 29.8 Å². The smallest absolute Gasteiger partial charge is 0.251 e. The van der Waals surface area contributed by atoms with Gasteiger partial charge in [0.2, 0.25) is 11.8 Å². The standard InChI is InChI=1S/C19H20BrN3O3/c20-15-6-7-17(24)23(12-15)13-18(25)22-10-8-14(9-11-22)19(26)21-16-4-2-1-3-5-16/h1-7,12,14H,8-11,13H2,(H,21,26). The van der Waals surface area contributed by atoms with Crippen molar-refractivity contribution in [3.05, 3.63) is 63.5 Å². The highest BCUT2D eigenvalue weighted by molar-refractivity contribution is 9.10. The number of hydrogen-bond acceptors (Lipinski definition) is 3. The lowest BCUT2D eigenvalue weighted by Gasteiger charge is -2.31. The highest BCUT2D eigenvalue weighted by Crippen LogP contribution is 2.20. The van der Waals surface area contributed by atoms with E-state index in [1.807, 2.05) is 30.3 Å². The molecule has 26 heavy (non-hydrogen) atoms. The van der Waals surface area contributed by atoms with E-state index in [9.17, 15) is 14.4 Å². The Kier molecular flexibility index (Phi) is 5.88. The molecule has 3 rings (SSSR count). The monoisotopic (exact) mass is 417 g/mol. The average Bonchev–Trinajstić information content (AvgIpc) is 2.65. The number of halogens is 1. The molecule has 1 saturated heterocycles. The predicted octanol–water partition coefficient (Wildman–Crippen LogP) is 2.49. The van der Waals surface area contributed by atoms with E-state index >= 15 is 0 Å². The van der Waals surface area contributed by atoms with E-state index < -0.39 is 0 Å². The molecule has 0 aliphatic carbocycles. The number of nitrogens with zero attached hydrogens (tertiary/aromatic N) is 2. The first-order valence-corrected chi connectivity index (χ1v) is 9.32. The van der Waals surface area contributed by atoms with Crippen LogP contribution in [-0.4, -0.2) is 34.4 Å². The lowest BCUT2D eigenvalue weighted by atomic mass is 9.95. The van der Waals surface area contributed by atoms with Crippen LogP contribution in [-0.2, 0) is 16.1 Å². The Bertz CT molecular complexity index is 843. The lowest BCUT2D eigenvalue weighted by molar-refractivity contribution is -0.135. The molecule has 1 N–H and O–H groups in total. The molecule has 2 aromatic rings. The van der Waals surface area contributed by atoms with Crippen LogP contribution in [0.4, 0.5) is 5.69 Å². The summed E-state index contributed by atoms with van der Waals surface area (Å²) in [6, 6.07) is 12.4. The number of aromatic nitrogens is 1. The number of likely N-dealkylation sites (tertiary alicyclic amines) is 1. The number of hydrogen-bond donors (Lipinski definition) is 1. The Labute approximate surface area is 159 Å². The molecule has 136 valence electrons. The van der Waals surface area contributed by atoms with Gasteiger partial charge in [-0.3, -0.25) is 14.4 Å². The zero-order valence-electron chi connectivity index (χ0n) is 14.2. The molecule has 1 aromatic carbocycles. The number of nitrogens with one attached hydrogen (secondary N) is 1. The molecule has 0 saturated carbocycles. The molecule has 0 atom stereocenters. The van der Waals surface area contributed by atoms with Gasteiger partial charge in [0.15, 0.2) is 0 Å². The minimum atomic E-state index is -0.210. The zero-order chi connectivity index (χ0) is 18.5. The van der Waals surface area contributed by atoms with Crippen LogP contribution in [0.15, 0.2) is 57.9 Å². The molecule has 1 aromatic heterocycles. The number of anilines is 1. The zero-order valence-corrected chi connectivity index (χ0v) is 15.8. The number of carbonyl (C=O) groups excluding carboxylic acids is 2. The summed E-state index contributed by atoms with van der Waals surface area (Å²) < 4.78 is 2.14. The molecule has 7 heteroatoms. The van der Waals surface area contributed by atoms with Crippen LogP contribution < -0.4 is 10.9 Å². The molecule has 1 aliphatic rings. The first-order chi connectivity index (χ1) is 12.5. The van der Waals surface area contributed by atoms with E-state index in [2.05, 4.69) is 21.2 Å². The highest BCUT2D eigenvalue weighted by atomic mass is 79.9. The molecule has 6 nitrogen and oxygen atoms in total. The van der Waals surface area contributed by atoms with Gasteiger partial charge < -0.3 is 14.8 Å². The van der Waals surface area contributed by atoms with Crippen LogP contribution in [0.1, 0.15) is 12.8 Å². The van der Waals surface area contributed by atoms with Gasteiger partial charge in [-0.05, 0) is 47.0 Å². The molecule has 2 heterocycles. The van der Waals surface area contributed by atoms with Gasteiger partial charge in [0.05, 0.1) is 0 Å². The van der Waals surface area contributed by atoms with Crippen molar-refractivity contribution < 1.29 is 9.59 Å². The van der Waals surface area contributed by atoms with Crippen molar-refractivity contribution in [2.75, 3.05) is 18.4 Å². The third-order valence-electron chi connectivity index (χ3n) is 4.51. The van der Waals surface area contributed by atoms with Gasteiger partial charge in [-0.2, -0.15) is 0 Å². The summed E-state index contributed by atoms with van der Waals surface area (Å²) in [7, 11) is 0. The maximum atomic E-state index is 12.4. The van der Waals surface area contributed by atoms with Crippen molar-refractivity contribution in [1.82, 2.24) is 9.47 Å². The van der Waals surface area contributed by atoms with Crippen molar-refractivity contribution in [3.63, 3.8) is 0 Å². The van der Waals surface area contributed by atoms with Crippen LogP contribution in [0.5, 0.6) is 0 Å². The minimum Gasteiger partial charge on any atom is -0.341 e. The second-order valence-electron chi connectivity index (χ2n) is 6.32. The van der Waals surface area contributed by atoms with Gasteiger partial charge in [0, 0.05) is 41.4 Å². The fourth-order valence-electron chi connectivity index (χ4n) is 3.03. The fourth-order valence-corrected chi connectivity index (χ4v) is 3.41. The Balaban J connectivity index is 1.53. The van der Waals surface area contributed by atoms with E-state index in [0.717, 1.165) is 10.2 Å². The third kappa shape index (κ3) is 4.60. The number of benzene rings is 1. The molecule has 2 amide bonds. The van der Waals surface area contributed by atoms with Gasteiger partial charge in [0.1, 0.15) is 6.54 Å². The number of rotatable bonds is 4. The summed E-state index contributed by atoms with van der Waals surface area (Å²) in [5.74, 6) is -0.216. The predicted molar refractivity (Wildman–Crippen MR) is 103 cm³/mol. The summed E-state index contributed by atoms with van der Waals surface area (Å²) in [5.41, 5.74) is 0.573. The topological polar surface area (TPSA) is 71.4 Å². The van der Waals surface area contributed by atoms with Crippen LogP contribution >= 0.6 is 15.9 Å². The molecule has 1 aliphatic heterocycles. The largest absolute Gasteiger partial charge is 0.341 e. The van der Waals surface area contributed by atoms with E-state index in [0.29, 0.717) is 25.9 Å². The molecular weight excluding hydrogens is 398 g/mol. The number of piperidine rings is 1. The SMILES string of the molecule is O=C(Nc1ccccc1)C1CCN(C(=O)Cn2cc(Br)ccc2=O)CC1. The average molecular weight is 418 g/mol. The van der Waals surface area contributed by atoms with Crippen LogP contribution in [0.25, 0.3) is 0 Å². The van der Waals surface area contributed by atoms with Crippen molar-refractivity contribution in [2.24, 2.45) is 5.92 Å². The first-order valence-electron chi connectivity index (χ1n) is 8.52. The molecule has 0 unspecified atom stereocenters. The van der Waals surface area contributed by atoms with Gasteiger partial charge in [0.25, 0.3) is 5.56 Å².